The fourth-order valence-corrected chi connectivity index (χ4v) is 4.24. The van der Waals surface area contributed by atoms with Crippen LogP contribution in [0.2, 0.25) is 0 Å². The zero-order valence-electron chi connectivity index (χ0n) is 19.8. The summed E-state index contributed by atoms with van der Waals surface area (Å²) in [7, 11) is 0. The number of rotatable bonds is 7. The Morgan fingerprint density at radius 3 is 2.60 bits per heavy atom. The smallest absolute Gasteiger partial charge is 0.306 e. The number of aliphatic hydroxyl groups excluding tert-OH is 3. The van der Waals surface area contributed by atoms with Crippen LogP contribution in [0.5, 0.6) is 0 Å². The molecule has 7 atom stereocenters. The number of ether oxygens (including phenoxy) is 1. The molecule has 0 aliphatic carbocycles. The van der Waals surface area contributed by atoms with E-state index in [0.29, 0.717) is 32.1 Å². The normalized spacial score (nSPS) is 30.7. The van der Waals surface area contributed by atoms with Crippen molar-refractivity contribution in [1.82, 2.24) is 0 Å². The van der Waals surface area contributed by atoms with E-state index in [4.69, 9.17) is 4.74 Å². The molecular weight excluding hydrogens is 380 g/mol. The van der Waals surface area contributed by atoms with Gasteiger partial charge in [0.05, 0.1) is 18.3 Å². The van der Waals surface area contributed by atoms with Crippen LogP contribution in [0.1, 0.15) is 86.5 Å². The molecule has 0 fully saturated rings. The Kier molecular flexibility index (Phi) is 11.9. The van der Waals surface area contributed by atoms with Gasteiger partial charge in [0.15, 0.2) is 0 Å². The predicted octanol–water partition coefficient (Wildman–Crippen LogP) is 4.55. The molecule has 1 rings (SSSR count). The zero-order valence-corrected chi connectivity index (χ0v) is 19.8. The Morgan fingerprint density at radius 2 is 1.97 bits per heavy atom. The van der Waals surface area contributed by atoms with Crippen LogP contribution in [0.25, 0.3) is 0 Å². The summed E-state index contributed by atoms with van der Waals surface area (Å²) in [6.07, 6.45) is 6.83. The molecule has 30 heavy (non-hydrogen) atoms. The molecule has 0 radical (unpaired) electrons. The molecule has 5 heteroatoms. The number of cyclic esters (lactones) is 1. The third-order valence-corrected chi connectivity index (χ3v) is 6.18. The maximum Gasteiger partial charge on any atom is 0.306 e. The van der Waals surface area contributed by atoms with Crippen LogP contribution < -0.4 is 0 Å². The fourth-order valence-electron chi connectivity index (χ4n) is 4.24. The molecule has 0 aromatic heterocycles. The van der Waals surface area contributed by atoms with E-state index >= 15 is 0 Å². The van der Waals surface area contributed by atoms with Crippen LogP contribution in [0, 0.1) is 17.8 Å². The van der Waals surface area contributed by atoms with E-state index in [1.54, 1.807) is 6.92 Å². The molecule has 0 saturated heterocycles. The summed E-state index contributed by atoms with van der Waals surface area (Å²) in [4.78, 5) is 12.3. The number of allylic oxidation sites excluding steroid dienone is 2. The molecule has 5 nitrogen and oxygen atoms in total. The third-order valence-electron chi connectivity index (χ3n) is 6.18. The summed E-state index contributed by atoms with van der Waals surface area (Å²) in [6, 6.07) is 0. The molecule has 3 N–H and O–H groups in total. The highest BCUT2D eigenvalue weighted by atomic mass is 16.5. The van der Waals surface area contributed by atoms with Crippen LogP contribution >= 0.6 is 0 Å². The molecule has 0 spiro atoms. The minimum atomic E-state index is -0.572. The van der Waals surface area contributed by atoms with Crippen molar-refractivity contribution >= 4 is 5.97 Å². The van der Waals surface area contributed by atoms with Crippen molar-refractivity contribution in [3.63, 3.8) is 0 Å². The van der Waals surface area contributed by atoms with Gasteiger partial charge < -0.3 is 20.1 Å². The van der Waals surface area contributed by atoms with Crippen molar-refractivity contribution in [2.24, 2.45) is 17.8 Å². The summed E-state index contributed by atoms with van der Waals surface area (Å²) < 4.78 is 5.83. The van der Waals surface area contributed by atoms with E-state index in [1.807, 2.05) is 13.8 Å². The lowest BCUT2D eigenvalue weighted by atomic mass is 9.89. The van der Waals surface area contributed by atoms with Gasteiger partial charge in [0, 0.05) is 18.8 Å². The van der Waals surface area contributed by atoms with E-state index in [9.17, 15) is 20.1 Å². The molecule has 1 heterocycles. The van der Waals surface area contributed by atoms with Gasteiger partial charge in [-0.15, -0.1) is 0 Å². The van der Waals surface area contributed by atoms with E-state index in [-0.39, 0.29) is 35.9 Å². The highest BCUT2D eigenvalue weighted by Crippen LogP contribution is 2.26. The van der Waals surface area contributed by atoms with Crippen LogP contribution in [0.4, 0.5) is 0 Å². The SMILES string of the molecule is C/C1=C\C[C@H]([C@@H](C)C/C(C)=C/[C@@H](C)[C@H](O)C[C@@H](C)O)OC(=O)CCC[C@H](O)[C@@H](C)C1. The van der Waals surface area contributed by atoms with Gasteiger partial charge in [0.25, 0.3) is 0 Å². The molecule has 0 aromatic carbocycles. The molecule has 0 unspecified atom stereocenters. The van der Waals surface area contributed by atoms with Gasteiger partial charge in [-0.1, -0.05) is 44.1 Å². The molecule has 174 valence electrons. The van der Waals surface area contributed by atoms with Crippen molar-refractivity contribution in [3.8, 4) is 0 Å². The predicted molar refractivity (Wildman–Crippen MR) is 121 cm³/mol. The van der Waals surface area contributed by atoms with Crippen molar-refractivity contribution in [2.45, 2.75) is 111 Å². The summed E-state index contributed by atoms with van der Waals surface area (Å²) in [5.74, 6) is 0.106. The average molecular weight is 425 g/mol. The lowest BCUT2D eigenvalue weighted by molar-refractivity contribution is -0.151. The van der Waals surface area contributed by atoms with E-state index in [2.05, 4.69) is 32.9 Å². The molecule has 0 bridgehead atoms. The first-order chi connectivity index (χ1) is 14.0. The van der Waals surface area contributed by atoms with Gasteiger partial charge >= 0.3 is 5.97 Å². The maximum atomic E-state index is 12.3. The molecule has 1 aliphatic heterocycles. The zero-order chi connectivity index (χ0) is 22.8. The monoisotopic (exact) mass is 424 g/mol. The van der Waals surface area contributed by atoms with Crippen molar-refractivity contribution < 1.29 is 24.9 Å². The van der Waals surface area contributed by atoms with Crippen LogP contribution in [-0.4, -0.2) is 45.7 Å². The van der Waals surface area contributed by atoms with Crippen LogP contribution in [0.15, 0.2) is 23.3 Å². The lowest BCUT2D eigenvalue weighted by Gasteiger charge is -2.26. The molecule has 0 aromatic rings. The molecule has 0 amide bonds. The van der Waals surface area contributed by atoms with Crippen molar-refractivity contribution in [3.05, 3.63) is 23.3 Å². The Bertz CT molecular complexity index is 580. The van der Waals surface area contributed by atoms with Gasteiger partial charge in [-0.3, -0.25) is 4.79 Å². The first-order valence-electron chi connectivity index (χ1n) is 11.6. The van der Waals surface area contributed by atoms with Crippen molar-refractivity contribution in [1.29, 1.82) is 0 Å². The summed E-state index contributed by atoms with van der Waals surface area (Å²) >= 11 is 0. The molecular formula is C25H44O5. The standard InChI is InChI=1S/C25H44O5/c1-16-10-11-24(30-25(29)9-7-8-22(27)18(3)12-16)20(5)14-17(2)13-19(4)23(28)15-21(6)26/h10,13,18-24,26-28H,7-9,11-12,14-15H2,1-6H3/b16-10+,17-13+/t18-,19+,20-,21+,22-,23+,24+/m0/s1. The van der Waals surface area contributed by atoms with E-state index in [1.165, 1.54) is 5.57 Å². The highest BCUT2D eigenvalue weighted by Gasteiger charge is 2.24. The average Bonchev–Trinajstić information content (AvgIpc) is 2.63. The first-order valence-corrected chi connectivity index (χ1v) is 11.6. The van der Waals surface area contributed by atoms with Gasteiger partial charge in [-0.05, 0) is 64.7 Å². The highest BCUT2D eigenvalue weighted by molar-refractivity contribution is 5.69. The summed E-state index contributed by atoms with van der Waals surface area (Å²) in [5, 5.41) is 29.9. The second-order valence-corrected chi connectivity index (χ2v) is 9.66. The lowest BCUT2D eigenvalue weighted by Crippen LogP contribution is -2.26. The van der Waals surface area contributed by atoms with Gasteiger partial charge in [0.2, 0.25) is 0 Å². The Hall–Kier alpha value is -1.17. The van der Waals surface area contributed by atoms with Gasteiger partial charge in [-0.2, -0.15) is 0 Å². The van der Waals surface area contributed by atoms with E-state index in [0.717, 1.165) is 18.4 Å². The minimum absolute atomic E-state index is 0.0410. The Labute approximate surface area is 183 Å². The summed E-state index contributed by atoms with van der Waals surface area (Å²) in [6.45, 7) is 11.9. The summed E-state index contributed by atoms with van der Waals surface area (Å²) in [5.41, 5.74) is 2.37. The number of hydrogen-bond acceptors (Lipinski definition) is 5. The second kappa shape index (κ2) is 13.3. The second-order valence-electron chi connectivity index (χ2n) is 9.66. The number of hydrogen-bond donors (Lipinski definition) is 3. The number of carbonyl (C=O) groups excluding carboxylic acids is 1. The van der Waals surface area contributed by atoms with Crippen LogP contribution in [0.3, 0.4) is 0 Å². The largest absolute Gasteiger partial charge is 0.462 e. The van der Waals surface area contributed by atoms with E-state index < -0.39 is 12.2 Å². The van der Waals surface area contributed by atoms with Gasteiger partial charge in [-0.25, -0.2) is 0 Å². The van der Waals surface area contributed by atoms with Crippen molar-refractivity contribution in [2.75, 3.05) is 0 Å². The van der Waals surface area contributed by atoms with Crippen LogP contribution in [-0.2, 0) is 9.53 Å². The third kappa shape index (κ3) is 10.2. The number of esters is 1. The Balaban J connectivity index is 2.82. The number of aliphatic hydroxyl groups is 3. The molecule has 1 aliphatic rings. The number of carbonyl (C=O) groups is 1. The fraction of sp³-hybridized carbons (Fsp3) is 0.800. The molecule has 0 saturated carbocycles. The van der Waals surface area contributed by atoms with Gasteiger partial charge in [0.1, 0.15) is 6.10 Å². The maximum absolute atomic E-state index is 12.3. The Morgan fingerprint density at radius 1 is 1.30 bits per heavy atom. The quantitative estimate of drug-likeness (QED) is 0.412. The topological polar surface area (TPSA) is 87.0 Å². The minimum Gasteiger partial charge on any atom is -0.462 e. The first kappa shape index (κ1) is 26.9.